The van der Waals surface area contributed by atoms with Gasteiger partial charge in [-0.3, -0.25) is 9.59 Å². The number of halogens is 1. The van der Waals surface area contributed by atoms with Crippen LogP contribution < -0.4 is 14.2 Å². The maximum atomic E-state index is 13.2. The number of hydrogen-bond donors (Lipinski definition) is 1. The zero-order chi connectivity index (χ0) is 25.0. The van der Waals surface area contributed by atoms with Gasteiger partial charge in [-0.25, -0.2) is 0 Å². The first kappa shape index (κ1) is 25.4. The minimum Gasteiger partial charge on any atom is -0.507 e. The van der Waals surface area contributed by atoms with Crippen LogP contribution in [0.5, 0.6) is 17.2 Å². The minimum absolute atomic E-state index is 0.0488. The summed E-state index contributed by atoms with van der Waals surface area (Å²) in [5.74, 6) is -1.02. The van der Waals surface area contributed by atoms with Gasteiger partial charge in [0, 0.05) is 18.2 Å². The Kier molecular flexibility index (Phi) is 8.06. The number of nitrogens with zero attached hydrogens (tertiary/aromatic N) is 1. The number of ketones is 1. The maximum absolute atomic E-state index is 13.2. The fraction of sp³-hybridized carbons (Fsp3) is 0.360. The van der Waals surface area contributed by atoms with Crippen LogP contribution >= 0.6 is 11.6 Å². The Hall–Kier alpha value is -3.23. The Bertz CT molecular complexity index is 1110. The molecule has 0 aromatic heterocycles. The summed E-state index contributed by atoms with van der Waals surface area (Å²) >= 11 is 6.20. The number of hydrogen-bond acceptors (Lipinski definition) is 7. The lowest BCUT2D eigenvalue weighted by Crippen LogP contribution is -2.33. The van der Waals surface area contributed by atoms with Crippen molar-refractivity contribution in [3.8, 4) is 17.2 Å². The number of aliphatic hydroxyl groups is 1. The van der Waals surface area contributed by atoms with Crippen LogP contribution in [0.1, 0.15) is 31.0 Å². The third-order valence-corrected chi connectivity index (χ3v) is 5.78. The van der Waals surface area contributed by atoms with Crippen molar-refractivity contribution in [1.29, 1.82) is 0 Å². The molecule has 2 aromatic rings. The normalized spacial score (nSPS) is 17.4. The fourth-order valence-electron chi connectivity index (χ4n) is 3.90. The van der Waals surface area contributed by atoms with Crippen LogP contribution in [-0.2, 0) is 14.3 Å². The predicted molar refractivity (Wildman–Crippen MR) is 128 cm³/mol. The summed E-state index contributed by atoms with van der Waals surface area (Å²) in [7, 11) is 4.34. The number of carbonyl (C=O) groups is 2. The third-order valence-electron chi connectivity index (χ3n) is 5.49. The lowest BCUT2D eigenvalue weighted by Gasteiger charge is -2.27. The summed E-state index contributed by atoms with van der Waals surface area (Å²) < 4.78 is 21.8. The molecule has 1 atom stereocenters. The average molecular weight is 490 g/mol. The summed E-state index contributed by atoms with van der Waals surface area (Å²) in [6.45, 7) is 4.12. The van der Waals surface area contributed by atoms with Gasteiger partial charge in [0.25, 0.3) is 11.7 Å². The quantitative estimate of drug-likeness (QED) is 0.320. The number of para-hydroxylation sites is 1. The largest absolute Gasteiger partial charge is 0.507 e. The number of likely N-dealkylation sites (tertiary alicyclic amines) is 1. The Labute approximate surface area is 203 Å². The van der Waals surface area contributed by atoms with Gasteiger partial charge in [-0.2, -0.15) is 0 Å². The van der Waals surface area contributed by atoms with Crippen LogP contribution in [-0.4, -0.2) is 62.3 Å². The lowest BCUT2D eigenvalue weighted by molar-refractivity contribution is -0.140. The second-order valence-corrected chi connectivity index (χ2v) is 8.25. The summed E-state index contributed by atoms with van der Waals surface area (Å²) in [6, 6.07) is 9.06. The zero-order valence-corrected chi connectivity index (χ0v) is 20.5. The van der Waals surface area contributed by atoms with Gasteiger partial charge in [0.2, 0.25) is 0 Å². The van der Waals surface area contributed by atoms with Crippen molar-refractivity contribution in [2.75, 3.05) is 34.5 Å². The molecule has 0 bridgehead atoms. The molecule has 1 aliphatic heterocycles. The SMILES string of the molecule is COc1cc(/C(O)=C2\C(=O)C(=O)N(CCOC(C)C)C2c2ccccc2OC)c(OC)cc1Cl. The molecule has 9 heteroatoms. The highest BCUT2D eigenvalue weighted by Gasteiger charge is 2.47. The second kappa shape index (κ2) is 10.8. The number of benzene rings is 2. The molecule has 8 nitrogen and oxygen atoms in total. The van der Waals surface area contributed by atoms with Gasteiger partial charge in [-0.15, -0.1) is 0 Å². The van der Waals surface area contributed by atoms with Gasteiger partial charge >= 0.3 is 0 Å². The standard InChI is InChI=1S/C25H28ClNO7/c1-14(2)34-11-10-27-22(15-8-6-7-9-18(15)31-3)21(24(29)25(27)30)23(28)16-12-20(33-5)17(26)13-19(16)32-4/h6-9,12-14,22,28H,10-11H2,1-5H3/b23-21+. The number of rotatable bonds is 9. The van der Waals surface area contributed by atoms with E-state index in [-0.39, 0.29) is 46.9 Å². The molecule has 0 saturated carbocycles. The average Bonchev–Trinajstić information content (AvgIpc) is 3.07. The van der Waals surface area contributed by atoms with Crippen LogP contribution in [0.4, 0.5) is 0 Å². The molecule has 1 aliphatic rings. The first-order valence-corrected chi connectivity index (χ1v) is 11.1. The van der Waals surface area contributed by atoms with Crippen molar-refractivity contribution in [3.05, 3.63) is 58.1 Å². The van der Waals surface area contributed by atoms with E-state index in [1.165, 1.54) is 38.4 Å². The number of carbonyl (C=O) groups excluding carboxylic acids is 2. The molecule has 182 valence electrons. The first-order chi connectivity index (χ1) is 16.2. The summed E-state index contributed by atoms with van der Waals surface area (Å²) in [5, 5.41) is 11.7. The molecule has 0 radical (unpaired) electrons. The van der Waals surface area contributed by atoms with Crippen LogP contribution in [0.3, 0.4) is 0 Å². The number of amides is 1. The molecule has 1 fully saturated rings. The highest BCUT2D eigenvalue weighted by Crippen LogP contribution is 2.44. The molecule has 1 amide bonds. The van der Waals surface area contributed by atoms with E-state index in [0.29, 0.717) is 11.3 Å². The van der Waals surface area contributed by atoms with Gasteiger partial charge in [0.1, 0.15) is 23.0 Å². The lowest BCUT2D eigenvalue weighted by atomic mass is 9.94. The van der Waals surface area contributed by atoms with E-state index in [2.05, 4.69) is 0 Å². The molecular weight excluding hydrogens is 462 g/mol. The first-order valence-electron chi connectivity index (χ1n) is 10.7. The van der Waals surface area contributed by atoms with E-state index in [1.54, 1.807) is 24.3 Å². The maximum Gasteiger partial charge on any atom is 0.295 e. The molecule has 0 aliphatic carbocycles. The van der Waals surface area contributed by atoms with Gasteiger partial charge in [0.15, 0.2) is 0 Å². The monoisotopic (exact) mass is 489 g/mol. The van der Waals surface area contributed by atoms with E-state index >= 15 is 0 Å². The molecule has 1 heterocycles. The molecule has 3 rings (SSSR count). The molecule has 1 saturated heterocycles. The number of Topliss-reactive ketones (excluding diaryl/α,β-unsaturated/α-hetero) is 1. The summed E-state index contributed by atoms with van der Waals surface area (Å²) in [5.41, 5.74) is 0.622. The van der Waals surface area contributed by atoms with Crippen molar-refractivity contribution in [3.63, 3.8) is 0 Å². The van der Waals surface area contributed by atoms with Crippen LogP contribution in [0.15, 0.2) is 42.0 Å². The number of aliphatic hydroxyl groups excluding tert-OH is 1. The van der Waals surface area contributed by atoms with Crippen molar-refractivity contribution < 1.29 is 33.6 Å². The second-order valence-electron chi connectivity index (χ2n) is 7.84. The van der Waals surface area contributed by atoms with Crippen molar-refractivity contribution >= 4 is 29.1 Å². The zero-order valence-electron chi connectivity index (χ0n) is 19.8. The molecule has 1 N–H and O–H groups in total. The van der Waals surface area contributed by atoms with Crippen molar-refractivity contribution in [2.24, 2.45) is 0 Å². The van der Waals surface area contributed by atoms with Gasteiger partial charge in [0.05, 0.1) is 56.2 Å². The number of methoxy groups -OCH3 is 3. The van der Waals surface area contributed by atoms with Gasteiger partial charge in [-0.05, 0) is 26.0 Å². The van der Waals surface area contributed by atoms with Crippen molar-refractivity contribution in [2.45, 2.75) is 26.0 Å². The van der Waals surface area contributed by atoms with E-state index in [9.17, 15) is 14.7 Å². The molecule has 0 spiro atoms. The molecule has 2 aromatic carbocycles. The molecule has 34 heavy (non-hydrogen) atoms. The Morgan fingerprint density at radius 2 is 1.68 bits per heavy atom. The molecule has 1 unspecified atom stereocenters. The van der Waals surface area contributed by atoms with Gasteiger partial charge in [-0.1, -0.05) is 29.8 Å². The van der Waals surface area contributed by atoms with Crippen LogP contribution in [0, 0.1) is 0 Å². The van der Waals surface area contributed by atoms with Crippen molar-refractivity contribution in [1.82, 2.24) is 4.90 Å². The third kappa shape index (κ3) is 4.83. The highest BCUT2D eigenvalue weighted by molar-refractivity contribution is 6.46. The smallest absolute Gasteiger partial charge is 0.295 e. The molecular formula is C25H28ClNO7. The Morgan fingerprint density at radius 1 is 1.03 bits per heavy atom. The van der Waals surface area contributed by atoms with Gasteiger partial charge < -0.3 is 29.0 Å². The fourth-order valence-corrected chi connectivity index (χ4v) is 4.13. The Balaban J connectivity index is 2.24. The van der Waals surface area contributed by atoms with Crippen LogP contribution in [0.25, 0.3) is 5.76 Å². The topological polar surface area (TPSA) is 94.5 Å². The van der Waals surface area contributed by atoms with E-state index in [4.69, 9.17) is 30.5 Å². The van der Waals surface area contributed by atoms with E-state index in [1.807, 2.05) is 13.8 Å². The van der Waals surface area contributed by atoms with E-state index < -0.39 is 23.5 Å². The highest BCUT2D eigenvalue weighted by atomic mass is 35.5. The predicted octanol–water partition coefficient (Wildman–Crippen LogP) is 4.21. The van der Waals surface area contributed by atoms with E-state index in [0.717, 1.165) is 0 Å². The Morgan fingerprint density at radius 3 is 2.29 bits per heavy atom. The number of ether oxygens (including phenoxy) is 4. The summed E-state index contributed by atoms with van der Waals surface area (Å²) in [6.07, 6.45) is -0.0488. The van der Waals surface area contributed by atoms with Crippen LogP contribution in [0.2, 0.25) is 5.02 Å². The minimum atomic E-state index is -0.904. The summed E-state index contributed by atoms with van der Waals surface area (Å²) in [4.78, 5) is 27.7.